The highest BCUT2D eigenvalue weighted by Crippen LogP contribution is 2.18. The van der Waals surface area contributed by atoms with Gasteiger partial charge in [0, 0.05) is 50.8 Å². The van der Waals surface area contributed by atoms with E-state index in [0.717, 1.165) is 50.8 Å². The van der Waals surface area contributed by atoms with E-state index >= 15 is 0 Å². The third kappa shape index (κ3) is 4.80. The Morgan fingerprint density at radius 1 is 1.23 bits per heavy atom. The van der Waals surface area contributed by atoms with Crippen molar-refractivity contribution in [2.24, 2.45) is 0 Å². The zero-order valence-corrected chi connectivity index (χ0v) is 15.2. The lowest BCUT2D eigenvalue weighted by Gasteiger charge is -2.26. The average molecular weight is 354 g/mol. The van der Waals surface area contributed by atoms with Crippen LogP contribution >= 0.6 is 0 Å². The van der Waals surface area contributed by atoms with E-state index in [1.54, 1.807) is 17.3 Å². The number of carbonyl (C=O) groups is 1. The smallest absolute Gasteiger partial charge is 0.259 e. The van der Waals surface area contributed by atoms with E-state index in [4.69, 9.17) is 4.74 Å². The Hall–Kier alpha value is -2.44. The fourth-order valence-corrected chi connectivity index (χ4v) is 3.04. The topological polar surface area (TPSA) is 57.7 Å². The summed E-state index contributed by atoms with van der Waals surface area (Å²) in [6.45, 7) is 7.90. The quantitative estimate of drug-likeness (QED) is 0.828. The number of hydrogen-bond donors (Lipinski definition) is 1. The molecular weight excluding hydrogens is 328 g/mol. The molecule has 1 aliphatic heterocycles. The first kappa shape index (κ1) is 18.4. The SMILES string of the molecule is CCN(C(=O)c1cncc(NCCN2CCOCC2)c1)c1ccccc1. The second-order valence-electron chi connectivity index (χ2n) is 6.23. The molecule has 1 saturated heterocycles. The third-order valence-electron chi connectivity index (χ3n) is 4.48. The normalized spacial score (nSPS) is 14.8. The zero-order valence-electron chi connectivity index (χ0n) is 15.2. The standard InChI is InChI=1S/C20H26N4O2/c1-2-24(19-6-4-3-5-7-19)20(25)17-14-18(16-21-15-17)22-8-9-23-10-12-26-13-11-23/h3-7,14-16,22H,2,8-13H2,1H3. The molecule has 1 N–H and O–H groups in total. The number of aromatic nitrogens is 1. The largest absolute Gasteiger partial charge is 0.382 e. The number of ether oxygens (including phenoxy) is 1. The van der Waals surface area contributed by atoms with Gasteiger partial charge in [-0.3, -0.25) is 14.7 Å². The van der Waals surface area contributed by atoms with Gasteiger partial charge in [0.2, 0.25) is 0 Å². The number of anilines is 2. The van der Waals surface area contributed by atoms with E-state index in [1.807, 2.05) is 43.3 Å². The van der Waals surface area contributed by atoms with E-state index in [0.29, 0.717) is 12.1 Å². The highest BCUT2D eigenvalue weighted by molar-refractivity contribution is 6.06. The highest BCUT2D eigenvalue weighted by Gasteiger charge is 2.16. The summed E-state index contributed by atoms with van der Waals surface area (Å²) in [5.74, 6) is -0.0389. The number of morpholine rings is 1. The van der Waals surface area contributed by atoms with Crippen molar-refractivity contribution in [1.29, 1.82) is 0 Å². The first-order valence-corrected chi connectivity index (χ1v) is 9.14. The second kappa shape index (κ2) is 9.31. The molecule has 0 unspecified atom stereocenters. The number of amides is 1. The van der Waals surface area contributed by atoms with Gasteiger partial charge in [-0.05, 0) is 25.1 Å². The van der Waals surface area contributed by atoms with Crippen molar-refractivity contribution in [3.05, 3.63) is 54.4 Å². The Kier molecular flexibility index (Phi) is 6.57. The second-order valence-corrected chi connectivity index (χ2v) is 6.23. The number of pyridine rings is 1. The molecule has 0 atom stereocenters. The van der Waals surface area contributed by atoms with Crippen LogP contribution in [0.15, 0.2) is 48.8 Å². The van der Waals surface area contributed by atoms with Gasteiger partial charge in [0.15, 0.2) is 0 Å². The lowest BCUT2D eigenvalue weighted by Crippen LogP contribution is -2.39. The molecule has 6 heteroatoms. The molecule has 2 heterocycles. The molecule has 3 rings (SSSR count). The first-order valence-electron chi connectivity index (χ1n) is 9.14. The maximum absolute atomic E-state index is 12.9. The number of nitrogens with one attached hydrogen (secondary N) is 1. The average Bonchev–Trinajstić information content (AvgIpc) is 2.70. The molecular formula is C20H26N4O2. The number of rotatable bonds is 7. The summed E-state index contributed by atoms with van der Waals surface area (Å²) in [6.07, 6.45) is 3.38. The molecule has 6 nitrogen and oxygen atoms in total. The van der Waals surface area contributed by atoms with Crippen molar-refractivity contribution in [1.82, 2.24) is 9.88 Å². The predicted octanol–water partition coefficient (Wildman–Crippen LogP) is 2.49. The van der Waals surface area contributed by atoms with Crippen LogP contribution < -0.4 is 10.2 Å². The van der Waals surface area contributed by atoms with E-state index in [2.05, 4.69) is 15.2 Å². The Balaban J connectivity index is 1.61. The van der Waals surface area contributed by atoms with Crippen molar-refractivity contribution in [2.45, 2.75) is 6.92 Å². The van der Waals surface area contributed by atoms with Gasteiger partial charge >= 0.3 is 0 Å². The third-order valence-corrected chi connectivity index (χ3v) is 4.48. The molecule has 0 aliphatic carbocycles. The maximum Gasteiger partial charge on any atom is 0.259 e. The van der Waals surface area contributed by atoms with Gasteiger partial charge in [-0.15, -0.1) is 0 Å². The number of carbonyl (C=O) groups excluding carboxylic acids is 1. The molecule has 1 fully saturated rings. The van der Waals surface area contributed by atoms with Crippen molar-refractivity contribution < 1.29 is 9.53 Å². The minimum absolute atomic E-state index is 0.0389. The summed E-state index contributed by atoms with van der Waals surface area (Å²) >= 11 is 0. The fourth-order valence-electron chi connectivity index (χ4n) is 3.04. The number of benzene rings is 1. The molecule has 2 aromatic rings. The fraction of sp³-hybridized carbons (Fsp3) is 0.400. The summed E-state index contributed by atoms with van der Waals surface area (Å²) in [4.78, 5) is 21.3. The monoisotopic (exact) mass is 354 g/mol. The van der Waals surface area contributed by atoms with Crippen LogP contribution in [0.25, 0.3) is 0 Å². The van der Waals surface area contributed by atoms with Crippen molar-refractivity contribution in [2.75, 3.05) is 56.2 Å². The Labute approximate surface area is 154 Å². The Bertz CT molecular complexity index is 702. The zero-order chi connectivity index (χ0) is 18.2. The molecule has 138 valence electrons. The van der Waals surface area contributed by atoms with Crippen LogP contribution in [0.2, 0.25) is 0 Å². The molecule has 1 aliphatic rings. The lowest BCUT2D eigenvalue weighted by molar-refractivity contribution is 0.0398. The van der Waals surface area contributed by atoms with Crippen LogP contribution in [-0.4, -0.2) is 61.7 Å². The number of nitrogens with zero attached hydrogens (tertiary/aromatic N) is 3. The minimum Gasteiger partial charge on any atom is -0.382 e. The van der Waals surface area contributed by atoms with Gasteiger partial charge in [0.1, 0.15) is 0 Å². The van der Waals surface area contributed by atoms with E-state index in [-0.39, 0.29) is 5.91 Å². The van der Waals surface area contributed by atoms with Gasteiger partial charge in [-0.25, -0.2) is 0 Å². The number of para-hydroxylation sites is 1. The molecule has 0 radical (unpaired) electrons. The summed E-state index contributed by atoms with van der Waals surface area (Å²) in [7, 11) is 0. The molecule has 0 spiro atoms. The van der Waals surface area contributed by atoms with Gasteiger partial charge in [0.25, 0.3) is 5.91 Å². The van der Waals surface area contributed by atoms with Gasteiger partial charge in [0.05, 0.1) is 24.5 Å². The summed E-state index contributed by atoms with van der Waals surface area (Å²) < 4.78 is 5.36. The Morgan fingerprint density at radius 2 is 2.00 bits per heavy atom. The first-order chi connectivity index (χ1) is 12.8. The van der Waals surface area contributed by atoms with Crippen LogP contribution in [0.1, 0.15) is 17.3 Å². The molecule has 1 aromatic heterocycles. The van der Waals surface area contributed by atoms with E-state index < -0.39 is 0 Å². The van der Waals surface area contributed by atoms with Crippen molar-refractivity contribution in [3.63, 3.8) is 0 Å². The Morgan fingerprint density at radius 3 is 2.73 bits per heavy atom. The van der Waals surface area contributed by atoms with Crippen LogP contribution in [0.3, 0.4) is 0 Å². The van der Waals surface area contributed by atoms with Gasteiger partial charge in [-0.2, -0.15) is 0 Å². The van der Waals surface area contributed by atoms with Crippen LogP contribution in [0, 0.1) is 0 Å². The predicted molar refractivity (Wildman–Crippen MR) is 104 cm³/mol. The molecule has 1 amide bonds. The lowest BCUT2D eigenvalue weighted by atomic mass is 10.2. The number of hydrogen-bond acceptors (Lipinski definition) is 5. The van der Waals surface area contributed by atoms with Crippen molar-refractivity contribution in [3.8, 4) is 0 Å². The van der Waals surface area contributed by atoms with E-state index in [1.165, 1.54) is 0 Å². The molecule has 0 saturated carbocycles. The van der Waals surface area contributed by atoms with Gasteiger partial charge < -0.3 is 15.0 Å². The molecule has 0 bridgehead atoms. The minimum atomic E-state index is -0.0389. The summed E-state index contributed by atoms with van der Waals surface area (Å²) in [6, 6.07) is 11.6. The van der Waals surface area contributed by atoms with Crippen LogP contribution in [-0.2, 0) is 4.74 Å². The van der Waals surface area contributed by atoms with E-state index in [9.17, 15) is 4.79 Å². The maximum atomic E-state index is 12.9. The molecule has 26 heavy (non-hydrogen) atoms. The van der Waals surface area contributed by atoms with Gasteiger partial charge in [-0.1, -0.05) is 18.2 Å². The summed E-state index contributed by atoms with van der Waals surface area (Å²) in [5, 5.41) is 3.37. The highest BCUT2D eigenvalue weighted by atomic mass is 16.5. The van der Waals surface area contributed by atoms with Crippen molar-refractivity contribution >= 4 is 17.3 Å². The molecule has 1 aromatic carbocycles. The van der Waals surface area contributed by atoms with Crippen LogP contribution in [0.5, 0.6) is 0 Å². The van der Waals surface area contributed by atoms with Crippen LogP contribution in [0.4, 0.5) is 11.4 Å². The summed E-state index contributed by atoms with van der Waals surface area (Å²) in [5.41, 5.74) is 2.35.